The van der Waals surface area contributed by atoms with Gasteiger partial charge in [-0.2, -0.15) is 0 Å². The molecule has 2 aromatic rings. The Morgan fingerprint density at radius 1 is 1.03 bits per heavy atom. The lowest BCUT2D eigenvalue weighted by molar-refractivity contribution is -0.384. The normalized spacial score (nSPS) is 12.0. The second kappa shape index (κ2) is 9.68. The smallest absolute Gasteiger partial charge is 0.408 e. The first kappa shape index (κ1) is 21.9. The Morgan fingerprint density at radius 3 is 2.21 bits per heavy atom. The Bertz CT molecular complexity index is 844. The maximum Gasteiger partial charge on any atom is 0.408 e. The van der Waals surface area contributed by atoms with Crippen molar-refractivity contribution in [3.63, 3.8) is 0 Å². The van der Waals surface area contributed by atoms with Crippen molar-refractivity contribution in [1.29, 1.82) is 0 Å². The Labute approximate surface area is 169 Å². The van der Waals surface area contributed by atoms with E-state index >= 15 is 0 Å². The molecule has 1 N–H and O–H groups in total. The number of nitrogens with zero attached hydrogens (tertiary/aromatic N) is 1. The molecule has 0 fully saturated rings. The van der Waals surface area contributed by atoms with E-state index in [9.17, 15) is 19.7 Å². The molecule has 1 atom stereocenters. The Balaban J connectivity index is 2.09. The molecule has 1 amide bonds. The number of benzene rings is 2. The highest BCUT2D eigenvalue weighted by Gasteiger charge is 2.26. The van der Waals surface area contributed by atoms with E-state index in [4.69, 9.17) is 9.47 Å². The molecule has 2 rings (SSSR count). The molecule has 0 saturated heterocycles. The van der Waals surface area contributed by atoms with E-state index in [2.05, 4.69) is 5.32 Å². The van der Waals surface area contributed by atoms with Gasteiger partial charge in [0.15, 0.2) is 0 Å². The zero-order chi connectivity index (χ0) is 21.4. The highest BCUT2D eigenvalue weighted by atomic mass is 16.6. The zero-order valence-corrected chi connectivity index (χ0v) is 16.6. The summed E-state index contributed by atoms with van der Waals surface area (Å²) < 4.78 is 10.6. The fraction of sp³-hybridized carbons (Fsp3) is 0.333. The van der Waals surface area contributed by atoms with Crippen LogP contribution in [0.2, 0.25) is 0 Å². The lowest BCUT2D eigenvalue weighted by atomic mass is 10.1. The average Bonchev–Trinajstić information content (AvgIpc) is 2.65. The molecule has 2 aromatic carbocycles. The Morgan fingerprint density at radius 2 is 1.66 bits per heavy atom. The van der Waals surface area contributed by atoms with Crippen molar-refractivity contribution in [2.45, 2.75) is 45.4 Å². The molecule has 0 saturated carbocycles. The van der Waals surface area contributed by atoms with Crippen LogP contribution in [-0.2, 0) is 27.3 Å². The van der Waals surface area contributed by atoms with E-state index in [1.807, 2.05) is 30.3 Å². The van der Waals surface area contributed by atoms with E-state index in [0.717, 1.165) is 5.56 Å². The number of nitro groups is 1. The molecular formula is C21H24N2O6. The number of carbonyl (C=O) groups is 2. The molecule has 0 unspecified atom stereocenters. The minimum absolute atomic E-state index is 0.0583. The third-order valence-corrected chi connectivity index (χ3v) is 3.79. The fourth-order valence-corrected chi connectivity index (χ4v) is 2.46. The Hall–Kier alpha value is -3.42. The van der Waals surface area contributed by atoms with Crippen LogP contribution in [0.15, 0.2) is 54.6 Å². The van der Waals surface area contributed by atoms with E-state index in [1.165, 1.54) is 24.3 Å². The van der Waals surface area contributed by atoms with Gasteiger partial charge in [-0.15, -0.1) is 0 Å². The van der Waals surface area contributed by atoms with Gasteiger partial charge in [0.2, 0.25) is 0 Å². The predicted octanol–water partition coefficient (Wildman–Crippen LogP) is 3.77. The van der Waals surface area contributed by atoms with Crippen molar-refractivity contribution in [1.82, 2.24) is 5.32 Å². The van der Waals surface area contributed by atoms with Gasteiger partial charge in [0, 0.05) is 18.6 Å². The number of alkyl carbamates (subject to hydrolysis) is 1. The highest BCUT2D eigenvalue weighted by molar-refractivity contribution is 5.81. The predicted molar refractivity (Wildman–Crippen MR) is 106 cm³/mol. The number of esters is 1. The maximum absolute atomic E-state index is 12.6. The second-order valence-corrected chi connectivity index (χ2v) is 7.42. The second-order valence-electron chi connectivity index (χ2n) is 7.42. The number of nitro benzene ring substituents is 1. The van der Waals surface area contributed by atoms with Gasteiger partial charge in [0.1, 0.15) is 18.2 Å². The number of rotatable bonds is 7. The molecule has 0 aliphatic carbocycles. The standard InChI is InChI=1S/C21H24N2O6/c1-21(2,3)29-20(25)22-18(13-15-9-11-17(12-10-15)23(26)27)19(24)28-14-16-7-5-4-6-8-16/h4-12,18H,13-14H2,1-3H3,(H,22,25)/t18-/m0/s1. The number of hydrogen-bond acceptors (Lipinski definition) is 6. The van der Waals surface area contributed by atoms with E-state index in [0.29, 0.717) is 5.56 Å². The average molecular weight is 400 g/mol. The first-order valence-corrected chi connectivity index (χ1v) is 9.07. The molecule has 0 heterocycles. The highest BCUT2D eigenvalue weighted by Crippen LogP contribution is 2.15. The first-order chi connectivity index (χ1) is 13.6. The third kappa shape index (κ3) is 7.61. The van der Waals surface area contributed by atoms with Crippen molar-refractivity contribution in [3.05, 3.63) is 75.8 Å². The number of ether oxygens (including phenoxy) is 2. The molecule has 0 aromatic heterocycles. The summed E-state index contributed by atoms with van der Waals surface area (Å²) >= 11 is 0. The van der Waals surface area contributed by atoms with Gasteiger partial charge in [-0.1, -0.05) is 42.5 Å². The molecule has 0 aliphatic rings. The van der Waals surface area contributed by atoms with Gasteiger partial charge in [0.05, 0.1) is 4.92 Å². The largest absolute Gasteiger partial charge is 0.459 e. The SMILES string of the molecule is CC(C)(C)OC(=O)N[C@@H](Cc1ccc([N+](=O)[O-])cc1)C(=O)OCc1ccccc1. The number of amides is 1. The lowest BCUT2D eigenvalue weighted by Gasteiger charge is -2.23. The quantitative estimate of drug-likeness (QED) is 0.431. The Kier molecular flexibility index (Phi) is 7.30. The summed E-state index contributed by atoms with van der Waals surface area (Å²) in [7, 11) is 0. The number of hydrogen-bond donors (Lipinski definition) is 1. The van der Waals surface area contributed by atoms with Gasteiger partial charge < -0.3 is 14.8 Å². The van der Waals surface area contributed by atoms with Gasteiger partial charge >= 0.3 is 12.1 Å². The third-order valence-electron chi connectivity index (χ3n) is 3.79. The number of nitrogens with one attached hydrogen (secondary N) is 1. The van der Waals surface area contributed by atoms with Gasteiger partial charge in [-0.3, -0.25) is 10.1 Å². The maximum atomic E-state index is 12.6. The summed E-state index contributed by atoms with van der Waals surface area (Å²) in [6.45, 7) is 5.20. The van der Waals surface area contributed by atoms with Crippen molar-refractivity contribution in [3.8, 4) is 0 Å². The minimum atomic E-state index is -1.00. The molecule has 0 spiro atoms. The zero-order valence-electron chi connectivity index (χ0n) is 16.6. The minimum Gasteiger partial charge on any atom is -0.459 e. The summed E-state index contributed by atoms with van der Waals surface area (Å²) in [5.74, 6) is -0.627. The van der Waals surface area contributed by atoms with Gasteiger partial charge in [0.25, 0.3) is 5.69 Å². The van der Waals surface area contributed by atoms with Crippen molar-refractivity contribution in [2.24, 2.45) is 0 Å². The topological polar surface area (TPSA) is 108 Å². The molecular weight excluding hydrogens is 376 g/mol. The van der Waals surface area contributed by atoms with Crippen LogP contribution in [0.5, 0.6) is 0 Å². The van der Waals surface area contributed by atoms with Crippen LogP contribution >= 0.6 is 0 Å². The molecule has 8 heteroatoms. The van der Waals surface area contributed by atoms with Crippen LogP contribution < -0.4 is 5.32 Å². The van der Waals surface area contributed by atoms with Crippen molar-refractivity contribution in [2.75, 3.05) is 0 Å². The van der Waals surface area contributed by atoms with Crippen molar-refractivity contribution < 1.29 is 24.0 Å². The summed E-state index contributed by atoms with van der Waals surface area (Å²) in [5, 5.41) is 13.3. The first-order valence-electron chi connectivity index (χ1n) is 9.07. The molecule has 8 nitrogen and oxygen atoms in total. The van der Waals surface area contributed by atoms with E-state index in [-0.39, 0.29) is 18.7 Å². The van der Waals surface area contributed by atoms with Gasteiger partial charge in [-0.25, -0.2) is 9.59 Å². The van der Waals surface area contributed by atoms with E-state index < -0.39 is 28.6 Å². The van der Waals surface area contributed by atoms with Crippen LogP contribution in [0.3, 0.4) is 0 Å². The summed E-state index contributed by atoms with van der Waals surface area (Å²) in [5.41, 5.74) is 0.660. The molecule has 29 heavy (non-hydrogen) atoms. The summed E-state index contributed by atoms with van der Waals surface area (Å²) in [4.78, 5) is 35.0. The van der Waals surface area contributed by atoms with Crippen LogP contribution in [0.4, 0.5) is 10.5 Å². The van der Waals surface area contributed by atoms with Crippen LogP contribution in [0, 0.1) is 10.1 Å². The van der Waals surface area contributed by atoms with E-state index in [1.54, 1.807) is 20.8 Å². The summed E-state index contributed by atoms with van der Waals surface area (Å²) in [6, 6.07) is 13.9. The molecule has 0 radical (unpaired) electrons. The fourth-order valence-electron chi connectivity index (χ4n) is 2.46. The lowest BCUT2D eigenvalue weighted by Crippen LogP contribution is -2.45. The van der Waals surface area contributed by atoms with Gasteiger partial charge in [-0.05, 0) is 31.9 Å². The number of non-ortho nitro benzene ring substituents is 1. The van der Waals surface area contributed by atoms with Crippen LogP contribution in [0.25, 0.3) is 0 Å². The summed E-state index contributed by atoms with van der Waals surface area (Å²) in [6.07, 6.45) is -0.647. The monoisotopic (exact) mass is 400 g/mol. The van der Waals surface area contributed by atoms with Crippen molar-refractivity contribution >= 4 is 17.7 Å². The van der Waals surface area contributed by atoms with Crippen LogP contribution in [-0.4, -0.2) is 28.6 Å². The molecule has 154 valence electrons. The number of carbonyl (C=O) groups excluding carboxylic acids is 2. The molecule has 0 aliphatic heterocycles. The van der Waals surface area contributed by atoms with Crippen LogP contribution in [0.1, 0.15) is 31.9 Å². The molecule has 0 bridgehead atoms.